The molecule has 0 saturated carbocycles. The summed E-state index contributed by atoms with van der Waals surface area (Å²) >= 11 is 0. The number of benzene rings is 2. The van der Waals surface area contributed by atoms with Crippen LogP contribution in [0.2, 0.25) is 0 Å². The zero-order chi connectivity index (χ0) is 16.5. The summed E-state index contributed by atoms with van der Waals surface area (Å²) in [6.45, 7) is 2.12. The van der Waals surface area contributed by atoms with Gasteiger partial charge in [0.15, 0.2) is 11.6 Å². The Hall–Kier alpha value is -3.08. The van der Waals surface area contributed by atoms with E-state index in [1.807, 2.05) is 54.6 Å². The lowest BCUT2D eigenvalue weighted by Gasteiger charge is -2.11. The van der Waals surface area contributed by atoms with Crippen LogP contribution >= 0.6 is 0 Å². The predicted molar refractivity (Wildman–Crippen MR) is 95.9 cm³/mol. The van der Waals surface area contributed by atoms with E-state index in [9.17, 15) is 0 Å². The van der Waals surface area contributed by atoms with Crippen molar-refractivity contribution in [2.75, 3.05) is 5.73 Å². The summed E-state index contributed by atoms with van der Waals surface area (Å²) in [5, 5.41) is 0.979. The number of fused-ring (bicyclic) bond motifs is 3. The molecule has 2 aromatic heterocycles. The standard InChI is InChI=1S/C19H18N4O/c1-2-8-16-22-17-18(23(16)24-13-9-4-3-5-10-13)14-11-6-7-12-15(14)21-19(17)20/h3-7,9-12H,2,8H2,1H3,(H2,20,21). The second kappa shape index (κ2) is 5.85. The van der Waals surface area contributed by atoms with Gasteiger partial charge >= 0.3 is 0 Å². The average molecular weight is 318 g/mol. The summed E-state index contributed by atoms with van der Waals surface area (Å²) in [4.78, 5) is 15.3. The third kappa shape index (κ3) is 2.34. The SMILES string of the molecule is CCCc1nc2c(N)nc3ccccc3c2n1Oc1ccccc1. The Bertz CT molecular complexity index is 1010. The van der Waals surface area contributed by atoms with E-state index in [-0.39, 0.29) is 0 Å². The highest BCUT2D eigenvalue weighted by molar-refractivity contribution is 6.06. The monoisotopic (exact) mass is 318 g/mol. The van der Waals surface area contributed by atoms with Crippen molar-refractivity contribution in [1.82, 2.24) is 14.7 Å². The molecule has 0 aliphatic carbocycles. The first-order chi connectivity index (χ1) is 11.8. The van der Waals surface area contributed by atoms with E-state index in [0.717, 1.165) is 40.8 Å². The van der Waals surface area contributed by atoms with Gasteiger partial charge in [0, 0.05) is 11.8 Å². The molecular formula is C19H18N4O. The molecule has 120 valence electrons. The number of aromatic nitrogens is 3. The Morgan fingerprint density at radius 1 is 1.00 bits per heavy atom. The Morgan fingerprint density at radius 2 is 1.75 bits per heavy atom. The molecule has 2 aromatic carbocycles. The fourth-order valence-corrected chi connectivity index (χ4v) is 2.89. The third-order valence-corrected chi connectivity index (χ3v) is 3.96. The summed E-state index contributed by atoms with van der Waals surface area (Å²) in [6, 6.07) is 17.6. The van der Waals surface area contributed by atoms with Crippen molar-refractivity contribution in [2.45, 2.75) is 19.8 Å². The molecule has 4 rings (SSSR count). The third-order valence-electron chi connectivity index (χ3n) is 3.96. The molecule has 4 aromatic rings. The highest BCUT2D eigenvalue weighted by Crippen LogP contribution is 2.29. The number of hydrogen-bond acceptors (Lipinski definition) is 4. The summed E-state index contributed by atoms with van der Waals surface area (Å²) in [5.74, 6) is 2.03. The molecule has 0 saturated heterocycles. The van der Waals surface area contributed by atoms with Gasteiger partial charge in [0.05, 0.1) is 5.52 Å². The molecule has 0 aliphatic heterocycles. The van der Waals surface area contributed by atoms with Crippen LogP contribution in [0.1, 0.15) is 19.2 Å². The number of nitrogens with zero attached hydrogens (tertiary/aromatic N) is 3. The van der Waals surface area contributed by atoms with Crippen molar-refractivity contribution >= 4 is 27.8 Å². The van der Waals surface area contributed by atoms with E-state index in [4.69, 9.17) is 15.6 Å². The lowest BCUT2D eigenvalue weighted by molar-refractivity contribution is 0.217. The Labute approximate surface area is 139 Å². The molecule has 0 radical (unpaired) electrons. The zero-order valence-corrected chi connectivity index (χ0v) is 13.4. The molecule has 5 heteroatoms. The topological polar surface area (TPSA) is 66.0 Å². The molecule has 0 unspecified atom stereocenters. The largest absolute Gasteiger partial charge is 0.382 e. The van der Waals surface area contributed by atoms with Crippen LogP contribution in [-0.4, -0.2) is 14.7 Å². The fourth-order valence-electron chi connectivity index (χ4n) is 2.89. The number of rotatable bonds is 4. The smallest absolute Gasteiger partial charge is 0.155 e. The van der Waals surface area contributed by atoms with Gasteiger partial charge in [-0.1, -0.05) is 43.3 Å². The molecule has 24 heavy (non-hydrogen) atoms. The molecule has 5 nitrogen and oxygen atoms in total. The van der Waals surface area contributed by atoms with Gasteiger partial charge in [-0.15, -0.1) is 0 Å². The van der Waals surface area contributed by atoms with Crippen LogP contribution in [0.3, 0.4) is 0 Å². The summed E-state index contributed by atoms with van der Waals surface area (Å²) in [6.07, 6.45) is 1.77. The van der Waals surface area contributed by atoms with E-state index in [1.165, 1.54) is 0 Å². The average Bonchev–Trinajstić information content (AvgIpc) is 2.96. The number of nitrogens with two attached hydrogens (primary N) is 1. The van der Waals surface area contributed by atoms with E-state index in [0.29, 0.717) is 11.3 Å². The van der Waals surface area contributed by atoms with Gasteiger partial charge in [-0.05, 0) is 24.6 Å². The first-order valence-corrected chi connectivity index (χ1v) is 8.07. The molecule has 0 bridgehead atoms. The van der Waals surface area contributed by atoms with Gasteiger partial charge < -0.3 is 10.6 Å². The van der Waals surface area contributed by atoms with Crippen molar-refractivity contribution in [1.29, 1.82) is 0 Å². The van der Waals surface area contributed by atoms with Gasteiger partial charge in [0.2, 0.25) is 0 Å². The second-order valence-corrected chi connectivity index (χ2v) is 5.69. The Kier molecular flexibility index (Phi) is 3.54. The van der Waals surface area contributed by atoms with Crippen LogP contribution in [0.25, 0.3) is 21.9 Å². The van der Waals surface area contributed by atoms with Crippen LogP contribution < -0.4 is 10.6 Å². The first kappa shape index (κ1) is 14.5. The lowest BCUT2D eigenvalue weighted by atomic mass is 10.2. The second-order valence-electron chi connectivity index (χ2n) is 5.69. The molecule has 2 N–H and O–H groups in total. The summed E-state index contributed by atoms with van der Waals surface area (Å²) in [5.41, 5.74) is 8.54. The number of anilines is 1. The quantitative estimate of drug-likeness (QED) is 0.618. The van der Waals surface area contributed by atoms with Crippen molar-refractivity contribution in [3.8, 4) is 5.75 Å². The van der Waals surface area contributed by atoms with Gasteiger partial charge in [0.25, 0.3) is 0 Å². The highest BCUT2D eigenvalue weighted by Gasteiger charge is 2.18. The number of nitrogen functional groups attached to an aromatic ring is 1. The molecular weight excluding hydrogens is 300 g/mol. The number of imidazole rings is 1. The molecule has 0 atom stereocenters. The molecule has 2 heterocycles. The minimum absolute atomic E-state index is 0.427. The normalized spacial score (nSPS) is 11.2. The molecule has 0 spiro atoms. The lowest BCUT2D eigenvalue weighted by Crippen LogP contribution is -2.10. The minimum atomic E-state index is 0.427. The number of hydrogen-bond donors (Lipinski definition) is 1. The van der Waals surface area contributed by atoms with Crippen molar-refractivity contribution in [3.05, 3.63) is 60.4 Å². The van der Waals surface area contributed by atoms with E-state index in [1.54, 1.807) is 4.73 Å². The Morgan fingerprint density at radius 3 is 2.54 bits per heavy atom. The fraction of sp³-hybridized carbons (Fsp3) is 0.158. The van der Waals surface area contributed by atoms with E-state index >= 15 is 0 Å². The van der Waals surface area contributed by atoms with Gasteiger partial charge in [-0.2, -0.15) is 4.73 Å². The maximum atomic E-state index is 6.15. The van der Waals surface area contributed by atoms with E-state index in [2.05, 4.69) is 11.9 Å². The molecule has 0 fully saturated rings. The van der Waals surface area contributed by atoms with Gasteiger partial charge in [-0.3, -0.25) is 0 Å². The number of para-hydroxylation sites is 2. The van der Waals surface area contributed by atoms with Gasteiger partial charge in [-0.25, -0.2) is 9.97 Å². The van der Waals surface area contributed by atoms with Crippen molar-refractivity contribution in [3.63, 3.8) is 0 Å². The first-order valence-electron chi connectivity index (χ1n) is 8.07. The van der Waals surface area contributed by atoms with Crippen LogP contribution in [0.15, 0.2) is 54.6 Å². The van der Waals surface area contributed by atoms with Crippen LogP contribution in [0.5, 0.6) is 5.75 Å². The summed E-state index contributed by atoms with van der Waals surface area (Å²) in [7, 11) is 0. The van der Waals surface area contributed by atoms with Gasteiger partial charge in [0.1, 0.15) is 16.9 Å². The Balaban J connectivity index is 2.02. The number of pyridine rings is 1. The zero-order valence-electron chi connectivity index (χ0n) is 13.4. The molecule has 0 amide bonds. The van der Waals surface area contributed by atoms with Crippen molar-refractivity contribution in [2.24, 2.45) is 0 Å². The van der Waals surface area contributed by atoms with Crippen LogP contribution in [0.4, 0.5) is 5.82 Å². The maximum absolute atomic E-state index is 6.15. The maximum Gasteiger partial charge on any atom is 0.155 e. The molecule has 0 aliphatic rings. The minimum Gasteiger partial charge on any atom is -0.382 e. The summed E-state index contributed by atoms with van der Waals surface area (Å²) < 4.78 is 1.80. The van der Waals surface area contributed by atoms with Crippen LogP contribution in [0, 0.1) is 0 Å². The van der Waals surface area contributed by atoms with E-state index < -0.39 is 0 Å². The predicted octanol–water partition coefficient (Wildman–Crippen LogP) is 3.96. The number of aryl methyl sites for hydroxylation is 1. The van der Waals surface area contributed by atoms with Crippen molar-refractivity contribution < 1.29 is 4.84 Å². The highest BCUT2D eigenvalue weighted by atomic mass is 16.7. The van der Waals surface area contributed by atoms with Crippen LogP contribution in [-0.2, 0) is 6.42 Å².